The van der Waals surface area contributed by atoms with Gasteiger partial charge in [-0.05, 0) is 24.3 Å². The maximum Gasteiger partial charge on any atom is 0.244 e. The number of rotatable bonds is 5. The van der Waals surface area contributed by atoms with E-state index in [4.69, 9.17) is 0 Å². The number of amides is 1. The van der Waals surface area contributed by atoms with Crippen molar-refractivity contribution in [3.05, 3.63) is 54.4 Å². The number of halogens is 2. The van der Waals surface area contributed by atoms with Crippen molar-refractivity contribution in [2.24, 2.45) is 0 Å². The molecule has 0 saturated carbocycles. The fraction of sp³-hybridized carbons (Fsp3) is 0.294. The molecule has 0 atom stereocenters. The first-order chi connectivity index (χ1) is 12.9. The van der Waals surface area contributed by atoms with Gasteiger partial charge in [-0.15, -0.1) is 0 Å². The van der Waals surface area contributed by atoms with Gasteiger partial charge in [-0.2, -0.15) is 4.31 Å². The summed E-state index contributed by atoms with van der Waals surface area (Å²) in [5, 5.41) is 2.33. The molecule has 1 N–H and O–H groups in total. The lowest BCUT2D eigenvalue weighted by Crippen LogP contribution is -2.50. The Labute approximate surface area is 155 Å². The molecule has 0 radical (unpaired) electrons. The number of pyridine rings is 1. The third-order valence-corrected chi connectivity index (χ3v) is 6.06. The normalized spacial score (nSPS) is 16.2. The highest BCUT2D eigenvalue weighted by Gasteiger charge is 2.29. The molecular formula is C17H18F2N4O3S. The number of benzene rings is 1. The van der Waals surface area contributed by atoms with E-state index in [0.29, 0.717) is 13.1 Å². The topological polar surface area (TPSA) is 82.6 Å². The Balaban J connectivity index is 1.55. The molecule has 0 bridgehead atoms. The van der Waals surface area contributed by atoms with Crippen LogP contribution in [0.4, 0.5) is 14.5 Å². The molecule has 27 heavy (non-hydrogen) atoms. The van der Waals surface area contributed by atoms with Crippen LogP contribution in [0.25, 0.3) is 0 Å². The quantitative estimate of drug-likeness (QED) is 0.824. The zero-order valence-corrected chi connectivity index (χ0v) is 15.1. The van der Waals surface area contributed by atoms with Crippen molar-refractivity contribution < 1.29 is 22.0 Å². The summed E-state index contributed by atoms with van der Waals surface area (Å²) in [5.74, 6) is -1.87. The maximum absolute atomic E-state index is 13.6. The first-order valence-electron chi connectivity index (χ1n) is 8.24. The van der Waals surface area contributed by atoms with Crippen LogP contribution in [0.1, 0.15) is 0 Å². The lowest BCUT2D eigenvalue weighted by molar-refractivity contribution is -0.117. The van der Waals surface area contributed by atoms with Crippen molar-refractivity contribution in [1.82, 2.24) is 14.2 Å². The second-order valence-electron chi connectivity index (χ2n) is 6.04. The highest BCUT2D eigenvalue weighted by molar-refractivity contribution is 7.89. The van der Waals surface area contributed by atoms with Gasteiger partial charge in [-0.25, -0.2) is 17.2 Å². The van der Waals surface area contributed by atoms with Crippen LogP contribution < -0.4 is 5.32 Å². The molecule has 0 aliphatic carbocycles. The third kappa shape index (κ3) is 4.65. The highest BCUT2D eigenvalue weighted by Crippen LogP contribution is 2.17. The Kier molecular flexibility index (Phi) is 5.78. The minimum atomic E-state index is -3.62. The van der Waals surface area contributed by atoms with Crippen LogP contribution in [-0.4, -0.2) is 61.2 Å². The van der Waals surface area contributed by atoms with Crippen LogP contribution in [0, 0.1) is 11.6 Å². The molecule has 1 aromatic heterocycles. The number of anilines is 1. The molecule has 0 spiro atoms. The third-order valence-electron chi connectivity index (χ3n) is 4.17. The molecule has 1 aromatic carbocycles. The predicted octanol–water partition coefficient (Wildman–Crippen LogP) is 1.30. The Morgan fingerprint density at radius 2 is 1.89 bits per heavy atom. The van der Waals surface area contributed by atoms with Crippen LogP contribution in [0.5, 0.6) is 0 Å². The zero-order valence-electron chi connectivity index (χ0n) is 14.3. The van der Waals surface area contributed by atoms with Crippen LogP contribution in [-0.2, 0) is 14.8 Å². The lowest BCUT2D eigenvalue weighted by atomic mass is 10.3. The fourth-order valence-electron chi connectivity index (χ4n) is 2.76. The summed E-state index contributed by atoms with van der Waals surface area (Å²) in [7, 11) is -3.62. The number of carbonyl (C=O) groups is 1. The van der Waals surface area contributed by atoms with Gasteiger partial charge >= 0.3 is 0 Å². The zero-order chi connectivity index (χ0) is 19.4. The van der Waals surface area contributed by atoms with Crippen molar-refractivity contribution >= 4 is 21.6 Å². The fourth-order valence-corrected chi connectivity index (χ4v) is 4.15. The van der Waals surface area contributed by atoms with E-state index in [1.165, 1.54) is 22.8 Å². The summed E-state index contributed by atoms with van der Waals surface area (Å²) in [5.41, 5.74) is -0.224. The van der Waals surface area contributed by atoms with Gasteiger partial charge in [0.15, 0.2) is 0 Å². The van der Waals surface area contributed by atoms with Crippen LogP contribution in [0.3, 0.4) is 0 Å². The minimum Gasteiger partial charge on any atom is -0.322 e. The number of aromatic nitrogens is 1. The number of hydrogen-bond acceptors (Lipinski definition) is 5. The first-order valence-corrected chi connectivity index (χ1v) is 9.68. The monoisotopic (exact) mass is 396 g/mol. The second-order valence-corrected chi connectivity index (χ2v) is 7.98. The summed E-state index contributed by atoms with van der Waals surface area (Å²) in [4.78, 5) is 17.8. The van der Waals surface area contributed by atoms with Gasteiger partial charge in [-0.1, -0.05) is 0 Å². The number of carbonyl (C=O) groups excluding carboxylic acids is 1. The lowest BCUT2D eigenvalue weighted by Gasteiger charge is -2.33. The molecule has 10 heteroatoms. The van der Waals surface area contributed by atoms with E-state index in [2.05, 4.69) is 10.3 Å². The Morgan fingerprint density at radius 3 is 2.56 bits per heavy atom. The maximum atomic E-state index is 13.6. The first kappa shape index (κ1) is 19.3. The van der Waals surface area contributed by atoms with Crippen molar-refractivity contribution in [3.63, 3.8) is 0 Å². The molecule has 2 aromatic rings. The smallest absolute Gasteiger partial charge is 0.244 e. The largest absolute Gasteiger partial charge is 0.322 e. The molecule has 1 saturated heterocycles. The van der Waals surface area contributed by atoms with Crippen LogP contribution in [0.15, 0.2) is 47.6 Å². The van der Waals surface area contributed by atoms with Gasteiger partial charge in [0.05, 0.1) is 12.2 Å². The molecule has 1 aliphatic rings. The van der Waals surface area contributed by atoms with Gasteiger partial charge in [0.1, 0.15) is 16.5 Å². The van der Waals surface area contributed by atoms with E-state index >= 15 is 0 Å². The average Bonchev–Trinajstić information content (AvgIpc) is 2.66. The molecule has 0 unspecified atom stereocenters. The summed E-state index contributed by atoms with van der Waals surface area (Å²) in [6.45, 7) is 1.09. The van der Waals surface area contributed by atoms with Crippen molar-refractivity contribution in [2.45, 2.75) is 4.90 Å². The summed E-state index contributed by atoms with van der Waals surface area (Å²) < 4.78 is 53.1. The van der Waals surface area contributed by atoms with E-state index in [9.17, 15) is 22.0 Å². The molecule has 7 nitrogen and oxygen atoms in total. The van der Waals surface area contributed by atoms with Crippen molar-refractivity contribution in [1.29, 1.82) is 0 Å². The van der Waals surface area contributed by atoms with Gasteiger partial charge < -0.3 is 5.32 Å². The number of hydrogen-bond donors (Lipinski definition) is 1. The molecular weight excluding hydrogens is 378 g/mol. The van der Waals surface area contributed by atoms with E-state index in [1.54, 1.807) is 11.0 Å². The molecule has 1 amide bonds. The van der Waals surface area contributed by atoms with E-state index in [0.717, 1.165) is 18.2 Å². The van der Waals surface area contributed by atoms with Gasteiger partial charge in [0, 0.05) is 44.6 Å². The Hall–Kier alpha value is -2.43. The number of nitrogens with zero attached hydrogens (tertiary/aromatic N) is 3. The molecule has 144 valence electrons. The van der Waals surface area contributed by atoms with Crippen molar-refractivity contribution in [2.75, 3.05) is 38.0 Å². The molecule has 1 fully saturated rings. The van der Waals surface area contributed by atoms with Crippen LogP contribution >= 0.6 is 0 Å². The number of piperazine rings is 1. The highest BCUT2D eigenvalue weighted by atomic mass is 32.2. The molecule has 2 heterocycles. The summed E-state index contributed by atoms with van der Waals surface area (Å²) in [6, 6.07) is 5.85. The molecule has 3 rings (SSSR count). The van der Waals surface area contributed by atoms with Gasteiger partial charge in [-0.3, -0.25) is 14.7 Å². The summed E-state index contributed by atoms with van der Waals surface area (Å²) in [6.07, 6.45) is 2.79. The second kappa shape index (κ2) is 8.07. The van der Waals surface area contributed by atoms with Gasteiger partial charge in [0.25, 0.3) is 0 Å². The van der Waals surface area contributed by atoms with E-state index in [-0.39, 0.29) is 30.2 Å². The van der Waals surface area contributed by atoms with E-state index in [1.807, 2.05) is 0 Å². The average molecular weight is 396 g/mol. The van der Waals surface area contributed by atoms with Crippen molar-refractivity contribution in [3.8, 4) is 0 Å². The predicted molar refractivity (Wildman–Crippen MR) is 94.4 cm³/mol. The van der Waals surface area contributed by atoms with Crippen LogP contribution in [0.2, 0.25) is 0 Å². The van der Waals surface area contributed by atoms with E-state index < -0.39 is 27.6 Å². The summed E-state index contributed by atoms with van der Waals surface area (Å²) >= 11 is 0. The minimum absolute atomic E-state index is 0.0449. The number of nitrogens with one attached hydrogen (secondary N) is 1. The SMILES string of the molecule is O=C(CN1CCN(S(=O)(=O)c2cccnc2)CC1)Nc1cc(F)ccc1F. The Bertz CT molecular complexity index is 917. The van der Waals surface area contributed by atoms with Gasteiger partial charge in [0.2, 0.25) is 15.9 Å². The standard InChI is InChI=1S/C17H18F2N4O3S/c18-13-3-4-15(19)16(10-13)21-17(24)12-22-6-8-23(9-7-22)27(25,26)14-2-1-5-20-11-14/h1-5,10-11H,6-9,12H2,(H,21,24). The molecule has 1 aliphatic heterocycles. The number of sulfonamides is 1. The Morgan fingerprint density at radius 1 is 1.15 bits per heavy atom.